The van der Waals surface area contributed by atoms with E-state index in [1.54, 1.807) is 18.4 Å². The molecule has 1 fully saturated rings. The van der Waals surface area contributed by atoms with Gasteiger partial charge in [0.1, 0.15) is 6.04 Å². The number of amides is 2. The molecule has 1 aromatic heterocycles. The van der Waals surface area contributed by atoms with Gasteiger partial charge in [-0.05, 0) is 37.4 Å². The Labute approximate surface area is 194 Å². The molecule has 3 rings (SSSR count). The molecular formula is C24H34N4O3S. The molecule has 1 unspecified atom stereocenters. The highest BCUT2D eigenvalue weighted by atomic mass is 32.1. The van der Waals surface area contributed by atoms with Crippen LogP contribution in [0.3, 0.4) is 0 Å². The Morgan fingerprint density at radius 3 is 2.44 bits per heavy atom. The maximum absolute atomic E-state index is 13.2. The maximum atomic E-state index is 13.2. The molecule has 32 heavy (non-hydrogen) atoms. The van der Waals surface area contributed by atoms with Crippen LogP contribution >= 0.6 is 11.3 Å². The van der Waals surface area contributed by atoms with Crippen molar-refractivity contribution in [1.82, 2.24) is 20.5 Å². The molecule has 0 radical (unpaired) electrons. The van der Waals surface area contributed by atoms with Crippen LogP contribution in [0.5, 0.6) is 0 Å². The summed E-state index contributed by atoms with van der Waals surface area (Å²) >= 11 is 1.61. The van der Waals surface area contributed by atoms with Crippen molar-refractivity contribution in [1.29, 1.82) is 0 Å². The summed E-state index contributed by atoms with van der Waals surface area (Å²) in [6.07, 6.45) is -0.460. The van der Waals surface area contributed by atoms with Gasteiger partial charge >= 0.3 is 0 Å². The van der Waals surface area contributed by atoms with Crippen LogP contribution in [0.4, 0.5) is 0 Å². The Hall–Kier alpha value is -2.29. The van der Waals surface area contributed by atoms with Crippen molar-refractivity contribution in [2.75, 3.05) is 13.6 Å². The number of nitrogens with zero attached hydrogens (tertiary/aromatic N) is 2. The zero-order valence-corrected chi connectivity index (χ0v) is 20.5. The molecule has 174 valence electrons. The lowest BCUT2D eigenvalue weighted by molar-refractivity contribution is -0.142. The van der Waals surface area contributed by atoms with Gasteiger partial charge in [-0.3, -0.25) is 9.59 Å². The molecule has 2 aromatic rings. The summed E-state index contributed by atoms with van der Waals surface area (Å²) < 4.78 is 0. The fraction of sp³-hybridized carbons (Fsp3) is 0.542. The lowest BCUT2D eigenvalue weighted by Crippen LogP contribution is -2.56. The quantitative estimate of drug-likeness (QED) is 0.619. The second kappa shape index (κ2) is 9.68. The fourth-order valence-corrected chi connectivity index (χ4v) is 5.11. The van der Waals surface area contributed by atoms with Crippen molar-refractivity contribution in [2.45, 2.75) is 65.3 Å². The number of aliphatic hydroxyl groups is 1. The Morgan fingerprint density at radius 1 is 1.25 bits per heavy atom. The van der Waals surface area contributed by atoms with E-state index in [9.17, 15) is 14.7 Å². The molecule has 2 heterocycles. The topological polar surface area (TPSA) is 94.6 Å². The van der Waals surface area contributed by atoms with E-state index in [1.165, 1.54) is 4.90 Å². The Kier molecular flexibility index (Phi) is 7.37. The van der Waals surface area contributed by atoms with Crippen LogP contribution < -0.4 is 10.6 Å². The molecule has 1 aliphatic rings. The van der Waals surface area contributed by atoms with Crippen molar-refractivity contribution in [3.8, 4) is 10.4 Å². The van der Waals surface area contributed by atoms with Crippen LogP contribution in [-0.2, 0) is 9.59 Å². The molecule has 1 aromatic carbocycles. The number of hydrogen-bond donors (Lipinski definition) is 3. The summed E-state index contributed by atoms with van der Waals surface area (Å²) in [5.41, 5.74) is 4.60. The second-order valence-electron chi connectivity index (χ2n) is 9.60. The number of aryl methyl sites for hydroxylation is 1. The lowest BCUT2D eigenvalue weighted by Gasteiger charge is -2.34. The first-order valence-corrected chi connectivity index (χ1v) is 11.9. The highest BCUT2D eigenvalue weighted by Crippen LogP contribution is 2.29. The number of aromatic nitrogens is 1. The molecule has 1 aliphatic heterocycles. The standard InChI is InChI=1S/C24H34N4O3S/c1-14(16-7-9-17(10-8-16)20-15(2)26-13-32-20)27-22(30)19-11-18(29)12-28(19)23(31)21(25-6)24(3,4)5/h7-10,13-14,18-19,21,25,29H,11-12H2,1-6H3,(H,27,30)/t14-,18+,19-,21?/m0/s1. The summed E-state index contributed by atoms with van der Waals surface area (Å²) in [5.74, 6) is -0.401. The minimum Gasteiger partial charge on any atom is -0.391 e. The predicted octanol–water partition coefficient (Wildman–Crippen LogP) is 2.89. The third-order valence-electron chi connectivity index (χ3n) is 6.04. The van der Waals surface area contributed by atoms with Crippen LogP contribution in [0, 0.1) is 12.3 Å². The molecule has 0 aliphatic carbocycles. The van der Waals surface area contributed by atoms with Crippen molar-refractivity contribution in [2.24, 2.45) is 5.41 Å². The van der Waals surface area contributed by atoms with Gasteiger partial charge in [-0.1, -0.05) is 45.0 Å². The van der Waals surface area contributed by atoms with Crippen molar-refractivity contribution >= 4 is 23.2 Å². The third-order valence-corrected chi connectivity index (χ3v) is 7.02. The van der Waals surface area contributed by atoms with E-state index >= 15 is 0 Å². The first-order chi connectivity index (χ1) is 15.0. The average molecular weight is 459 g/mol. The molecule has 8 heteroatoms. The largest absolute Gasteiger partial charge is 0.391 e. The van der Waals surface area contributed by atoms with Gasteiger partial charge < -0.3 is 20.6 Å². The molecule has 7 nitrogen and oxygen atoms in total. The Morgan fingerprint density at radius 2 is 1.91 bits per heavy atom. The highest BCUT2D eigenvalue weighted by Gasteiger charge is 2.43. The minimum absolute atomic E-state index is 0.159. The number of thiazole rings is 1. The van der Waals surface area contributed by atoms with Crippen LogP contribution in [0.25, 0.3) is 10.4 Å². The van der Waals surface area contributed by atoms with E-state index in [-0.39, 0.29) is 36.2 Å². The summed E-state index contributed by atoms with van der Waals surface area (Å²) in [6.45, 7) is 10.0. The predicted molar refractivity (Wildman–Crippen MR) is 127 cm³/mol. The average Bonchev–Trinajstić information content (AvgIpc) is 3.33. The molecule has 4 atom stereocenters. The molecule has 1 saturated heterocycles. The smallest absolute Gasteiger partial charge is 0.243 e. The van der Waals surface area contributed by atoms with Gasteiger partial charge in [0, 0.05) is 13.0 Å². The number of carbonyl (C=O) groups excluding carboxylic acids is 2. The molecular weight excluding hydrogens is 424 g/mol. The van der Waals surface area contributed by atoms with Gasteiger partial charge in [0.25, 0.3) is 0 Å². The second-order valence-corrected chi connectivity index (χ2v) is 10.5. The van der Waals surface area contributed by atoms with E-state index in [0.717, 1.165) is 21.7 Å². The van der Waals surface area contributed by atoms with Crippen molar-refractivity contribution < 1.29 is 14.7 Å². The van der Waals surface area contributed by atoms with Gasteiger partial charge in [0.15, 0.2) is 0 Å². The zero-order valence-electron chi connectivity index (χ0n) is 19.7. The van der Waals surface area contributed by atoms with Crippen molar-refractivity contribution in [3.63, 3.8) is 0 Å². The van der Waals surface area contributed by atoms with E-state index in [0.29, 0.717) is 0 Å². The van der Waals surface area contributed by atoms with Crippen LogP contribution in [0.1, 0.15) is 51.4 Å². The highest BCUT2D eigenvalue weighted by molar-refractivity contribution is 7.13. The molecule has 2 amide bonds. The first-order valence-electron chi connectivity index (χ1n) is 11.0. The third kappa shape index (κ3) is 5.19. The number of likely N-dealkylation sites (tertiary alicyclic amines) is 1. The molecule has 0 bridgehead atoms. The van der Waals surface area contributed by atoms with Crippen LogP contribution in [0.15, 0.2) is 29.8 Å². The van der Waals surface area contributed by atoms with E-state index < -0.39 is 18.2 Å². The summed E-state index contributed by atoms with van der Waals surface area (Å²) in [7, 11) is 1.74. The number of aliphatic hydroxyl groups excluding tert-OH is 1. The minimum atomic E-state index is -0.704. The van der Waals surface area contributed by atoms with Crippen LogP contribution in [-0.4, -0.2) is 58.6 Å². The van der Waals surface area contributed by atoms with Crippen molar-refractivity contribution in [3.05, 3.63) is 41.0 Å². The number of rotatable bonds is 6. The van der Waals surface area contributed by atoms with Gasteiger partial charge in [0.2, 0.25) is 11.8 Å². The fourth-order valence-electron chi connectivity index (χ4n) is 4.29. The van der Waals surface area contributed by atoms with E-state index in [1.807, 2.05) is 64.4 Å². The Bertz CT molecular complexity index is 951. The monoisotopic (exact) mass is 458 g/mol. The van der Waals surface area contributed by atoms with Gasteiger partial charge in [-0.2, -0.15) is 0 Å². The van der Waals surface area contributed by atoms with Gasteiger partial charge in [-0.15, -0.1) is 11.3 Å². The lowest BCUT2D eigenvalue weighted by atomic mass is 9.86. The zero-order chi connectivity index (χ0) is 23.6. The number of hydrogen-bond acceptors (Lipinski definition) is 6. The number of β-amino-alcohol motifs (C(OH)–C–C–N with tert-alkyl or cyclic N) is 1. The number of nitrogens with one attached hydrogen (secondary N) is 2. The molecule has 0 saturated carbocycles. The van der Waals surface area contributed by atoms with E-state index in [4.69, 9.17) is 0 Å². The number of likely N-dealkylation sites (N-methyl/N-ethyl adjacent to an activating group) is 1. The number of carbonyl (C=O) groups is 2. The van der Waals surface area contributed by atoms with Gasteiger partial charge in [0.05, 0.1) is 34.3 Å². The Balaban J connectivity index is 1.70. The summed E-state index contributed by atoms with van der Waals surface area (Å²) in [4.78, 5) is 33.3. The molecule has 0 spiro atoms. The summed E-state index contributed by atoms with van der Waals surface area (Å²) in [5, 5.41) is 16.3. The first kappa shape index (κ1) is 24.4. The van der Waals surface area contributed by atoms with Gasteiger partial charge in [-0.25, -0.2) is 4.98 Å². The molecule has 3 N–H and O–H groups in total. The number of benzene rings is 1. The summed E-state index contributed by atoms with van der Waals surface area (Å²) in [6, 6.07) is 6.73. The normalized spacial score (nSPS) is 20.8. The van der Waals surface area contributed by atoms with Crippen LogP contribution in [0.2, 0.25) is 0 Å². The van der Waals surface area contributed by atoms with E-state index in [2.05, 4.69) is 15.6 Å². The SMILES string of the molecule is CNC(C(=O)N1C[C@H](O)C[C@H]1C(=O)N[C@@H](C)c1ccc(-c2scnc2C)cc1)C(C)(C)C. The maximum Gasteiger partial charge on any atom is 0.243 e.